The van der Waals surface area contributed by atoms with Crippen LogP contribution >= 0.6 is 0 Å². The van der Waals surface area contributed by atoms with E-state index in [-0.39, 0.29) is 22.2 Å². The molecule has 0 spiro atoms. The number of sulfonamides is 1. The fourth-order valence-corrected chi connectivity index (χ4v) is 2.58. The van der Waals surface area contributed by atoms with Crippen LogP contribution in [0.25, 0.3) is 0 Å². The Hall–Kier alpha value is -2.62. The lowest BCUT2D eigenvalue weighted by atomic mass is 10.3. The second-order valence-electron chi connectivity index (χ2n) is 3.92. The van der Waals surface area contributed by atoms with Gasteiger partial charge in [-0.15, -0.1) is 0 Å². The van der Waals surface area contributed by atoms with Gasteiger partial charge in [-0.2, -0.15) is 0 Å². The number of nitrogens with zero attached hydrogens (tertiary/aromatic N) is 2. The van der Waals surface area contributed by atoms with E-state index in [4.69, 9.17) is 10.3 Å². The first kappa shape index (κ1) is 13.8. The standard InChI is InChI=1S/C10H10N4O5S/c1-6-4-10(19-12-6)13-20(17,18)9-3-2-7(14(15)16)5-8(9)11/h2-5,13H,11H2,1H3. The van der Waals surface area contributed by atoms with E-state index < -0.39 is 14.9 Å². The number of nitro benzene ring substituents is 1. The van der Waals surface area contributed by atoms with E-state index in [1.54, 1.807) is 6.92 Å². The summed E-state index contributed by atoms with van der Waals surface area (Å²) in [4.78, 5) is 9.62. The van der Waals surface area contributed by atoms with Crippen molar-refractivity contribution in [2.45, 2.75) is 11.8 Å². The van der Waals surface area contributed by atoms with Crippen molar-refractivity contribution in [3.05, 3.63) is 40.1 Å². The minimum Gasteiger partial charge on any atom is -0.397 e. The number of hydrogen-bond acceptors (Lipinski definition) is 7. The van der Waals surface area contributed by atoms with Crippen molar-refractivity contribution < 1.29 is 17.9 Å². The lowest BCUT2D eigenvalue weighted by Gasteiger charge is -2.07. The third-order valence-electron chi connectivity index (χ3n) is 2.36. The average Bonchev–Trinajstić information content (AvgIpc) is 2.73. The number of aryl methyl sites for hydroxylation is 1. The molecule has 0 aliphatic heterocycles. The molecule has 9 nitrogen and oxygen atoms in total. The van der Waals surface area contributed by atoms with Crippen molar-refractivity contribution in [2.24, 2.45) is 0 Å². The third kappa shape index (κ3) is 2.69. The molecular weight excluding hydrogens is 288 g/mol. The van der Waals surface area contributed by atoms with Crippen LogP contribution < -0.4 is 10.5 Å². The highest BCUT2D eigenvalue weighted by Gasteiger charge is 2.21. The maximum Gasteiger partial charge on any atom is 0.271 e. The number of rotatable bonds is 4. The Balaban J connectivity index is 2.37. The van der Waals surface area contributed by atoms with Gasteiger partial charge in [0, 0.05) is 18.2 Å². The van der Waals surface area contributed by atoms with Gasteiger partial charge in [0.15, 0.2) is 0 Å². The van der Waals surface area contributed by atoms with Gasteiger partial charge in [-0.3, -0.25) is 10.1 Å². The van der Waals surface area contributed by atoms with Gasteiger partial charge in [0.05, 0.1) is 16.3 Å². The maximum absolute atomic E-state index is 12.1. The van der Waals surface area contributed by atoms with Crippen molar-refractivity contribution in [3.63, 3.8) is 0 Å². The molecule has 1 aromatic heterocycles. The van der Waals surface area contributed by atoms with E-state index in [1.165, 1.54) is 6.07 Å². The number of benzene rings is 1. The molecule has 0 bridgehead atoms. The number of hydrogen-bond donors (Lipinski definition) is 2. The molecule has 0 amide bonds. The number of nitrogen functional groups attached to an aromatic ring is 1. The summed E-state index contributed by atoms with van der Waals surface area (Å²) in [6.07, 6.45) is 0. The molecule has 3 N–H and O–H groups in total. The van der Waals surface area contributed by atoms with Gasteiger partial charge in [0.1, 0.15) is 4.90 Å². The summed E-state index contributed by atoms with van der Waals surface area (Å²) in [5, 5.41) is 14.1. The smallest absolute Gasteiger partial charge is 0.271 e. The van der Waals surface area contributed by atoms with Gasteiger partial charge in [0.25, 0.3) is 15.7 Å². The minimum atomic E-state index is -4.00. The first-order chi connectivity index (χ1) is 9.29. The first-order valence-electron chi connectivity index (χ1n) is 5.29. The quantitative estimate of drug-likeness (QED) is 0.491. The Kier molecular flexibility index (Phi) is 3.32. The van der Waals surface area contributed by atoms with E-state index in [9.17, 15) is 18.5 Å². The summed E-state index contributed by atoms with van der Waals surface area (Å²) in [6, 6.07) is 4.47. The Morgan fingerprint density at radius 3 is 2.60 bits per heavy atom. The molecule has 0 atom stereocenters. The molecule has 0 fully saturated rings. The maximum atomic E-state index is 12.1. The molecule has 0 radical (unpaired) electrons. The fourth-order valence-electron chi connectivity index (χ4n) is 1.49. The van der Waals surface area contributed by atoms with Gasteiger partial charge in [-0.05, 0) is 13.0 Å². The van der Waals surface area contributed by atoms with Crippen LogP contribution in [-0.4, -0.2) is 18.5 Å². The third-order valence-corrected chi connectivity index (χ3v) is 3.78. The van der Waals surface area contributed by atoms with Gasteiger partial charge in [-0.25, -0.2) is 13.1 Å². The number of aromatic nitrogens is 1. The Morgan fingerprint density at radius 1 is 1.40 bits per heavy atom. The zero-order valence-corrected chi connectivity index (χ0v) is 11.0. The number of nitro groups is 1. The van der Waals surface area contributed by atoms with Crippen LogP contribution in [0.5, 0.6) is 0 Å². The highest BCUT2D eigenvalue weighted by molar-refractivity contribution is 7.92. The number of nitrogens with two attached hydrogens (primary N) is 1. The molecule has 1 heterocycles. The van der Waals surface area contributed by atoms with Crippen LogP contribution in [0.3, 0.4) is 0 Å². The lowest BCUT2D eigenvalue weighted by molar-refractivity contribution is -0.384. The molecule has 10 heteroatoms. The van der Waals surface area contributed by atoms with Crippen molar-refractivity contribution in [1.82, 2.24) is 5.16 Å². The van der Waals surface area contributed by atoms with E-state index >= 15 is 0 Å². The summed E-state index contributed by atoms with van der Waals surface area (Å²) < 4.78 is 31.0. The number of anilines is 2. The summed E-state index contributed by atoms with van der Waals surface area (Å²) in [6.45, 7) is 1.63. The van der Waals surface area contributed by atoms with Gasteiger partial charge in [0.2, 0.25) is 5.88 Å². The highest BCUT2D eigenvalue weighted by atomic mass is 32.2. The number of nitrogens with one attached hydrogen (secondary N) is 1. The molecule has 106 valence electrons. The average molecular weight is 298 g/mol. The molecule has 20 heavy (non-hydrogen) atoms. The predicted octanol–water partition coefficient (Wildman–Crippen LogP) is 1.27. The molecular formula is C10H10N4O5S. The van der Waals surface area contributed by atoms with Crippen LogP contribution in [0.15, 0.2) is 33.7 Å². The van der Waals surface area contributed by atoms with E-state index in [0.29, 0.717) is 5.69 Å². The molecule has 1 aromatic carbocycles. The van der Waals surface area contributed by atoms with Gasteiger partial charge < -0.3 is 10.3 Å². The summed E-state index contributed by atoms with van der Waals surface area (Å²) in [5.74, 6) is -0.0692. The topological polar surface area (TPSA) is 141 Å². The van der Waals surface area contributed by atoms with Crippen molar-refractivity contribution in [3.8, 4) is 0 Å². The van der Waals surface area contributed by atoms with Crippen molar-refractivity contribution >= 4 is 27.3 Å². The van der Waals surface area contributed by atoms with Crippen molar-refractivity contribution in [1.29, 1.82) is 0 Å². The van der Waals surface area contributed by atoms with Crippen LogP contribution in [0.4, 0.5) is 17.3 Å². The molecule has 0 saturated carbocycles. The van der Waals surface area contributed by atoms with Crippen LogP contribution in [0, 0.1) is 17.0 Å². The summed E-state index contributed by atoms with van der Waals surface area (Å²) >= 11 is 0. The number of non-ortho nitro benzene ring substituents is 1. The van der Waals surface area contributed by atoms with Gasteiger partial charge >= 0.3 is 0 Å². The van der Waals surface area contributed by atoms with Crippen LogP contribution in [-0.2, 0) is 10.0 Å². The van der Waals surface area contributed by atoms with E-state index in [0.717, 1.165) is 18.2 Å². The minimum absolute atomic E-state index is 0.0692. The Morgan fingerprint density at radius 2 is 2.10 bits per heavy atom. The van der Waals surface area contributed by atoms with E-state index in [1.807, 2.05) is 0 Å². The monoisotopic (exact) mass is 298 g/mol. The van der Waals surface area contributed by atoms with Crippen LogP contribution in [0.2, 0.25) is 0 Å². The van der Waals surface area contributed by atoms with Gasteiger partial charge in [-0.1, -0.05) is 5.16 Å². The zero-order valence-electron chi connectivity index (χ0n) is 10.2. The largest absolute Gasteiger partial charge is 0.397 e. The molecule has 0 aliphatic rings. The van der Waals surface area contributed by atoms with E-state index in [2.05, 4.69) is 9.88 Å². The Bertz CT molecular complexity index is 768. The second kappa shape index (κ2) is 4.81. The SMILES string of the molecule is Cc1cc(NS(=O)(=O)c2ccc([N+](=O)[O-])cc2N)on1. The summed E-state index contributed by atoms with van der Waals surface area (Å²) in [5.41, 5.74) is 5.51. The molecule has 0 unspecified atom stereocenters. The fraction of sp³-hybridized carbons (Fsp3) is 0.100. The highest BCUT2D eigenvalue weighted by Crippen LogP contribution is 2.25. The molecule has 0 saturated heterocycles. The predicted molar refractivity (Wildman–Crippen MR) is 69.6 cm³/mol. The molecule has 2 rings (SSSR count). The zero-order chi connectivity index (χ0) is 14.9. The Labute approximate surface area is 113 Å². The van der Waals surface area contributed by atoms with Crippen molar-refractivity contribution in [2.75, 3.05) is 10.5 Å². The van der Waals surface area contributed by atoms with Crippen LogP contribution in [0.1, 0.15) is 5.69 Å². The second-order valence-corrected chi connectivity index (χ2v) is 5.57. The summed E-state index contributed by atoms with van der Waals surface area (Å²) in [7, 11) is -4.00. The first-order valence-corrected chi connectivity index (χ1v) is 6.78. The normalized spacial score (nSPS) is 11.2. The lowest BCUT2D eigenvalue weighted by Crippen LogP contribution is -2.14. The molecule has 0 aliphatic carbocycles. The molecule has 2 aromatic rings.